The van der Waals surface area contributed by atoms with Gasteiger partial charge in [0.1, 0.15) is 11.9 Å². The summed E-state index contributed by atoms with van der Waals surface area (Å²) >= 11 is 0. The fraction of sp³-hybridized carbons (Fsp3) is 0.667. The summed E-state index contributed by atoms with van der Waals surface area (Å²) < 4.78 is 1.88. The molecule has 1 aliphatic carbocycles. The third-order valence-corrected chi connectivity index (χ3v) is 2.70. The number of hydrogen-bond acceptors (Lipinski definition) is 2. The molecule has 0 saturated heterocycles. The zero-order valence-electron chi connectivity index (χ0n) is 7.44. The largest absolute Gasteiger partial charge is 0.385 e. The summed E-state index contributed by atoms with van der Waals surface area (Å²) in [6.07, 6.45) is 4.37. The molecule has 1 aromatic rings. The van der Waals surface area contributed by atoms with Gasteiger partial charge in [0.05, 0.1) is 0 Å². The first-order valence-electron chi connectivity index (χ1n) is 4.35. The molecule has 1 heterocycles. The van der Waals surface area contributed by atoms with Gasteiger partial charge in [-0.2, -0.15) is 0 Å². The first kappa shape index (κ1) is 7.80. The van der Waals surface area contributed by atoms with Crippen LogP contribution >= 0.6 is 0 Å². The number of imidazole rings is 1. The maximum atomic E-state index is 9.82. The summed E-state index contributed by atoms with van der Waals surface area (Å²) in [6.45, 7) is 2.16. The molecule has 66 valence electrons. The van der Waals surface area contributed by atoms with Crippen molar-refractivity contribution in [3.05, 3.63) is 18.2 Å². The average Bonchev–Trinajstić information content (AvgIpc) is 2.59. The Morgan fingerprint density at radius 2 is 2.42 bits per heavy atom. The van der Waals surface area contributed by atoms with Crippen molar-refractivity contribution in [2.75, 3.05) is 0 Å². The molecule has 12 heavy (non-hydrogen) atoms. The Labute approximate surface area is 72.0 Å². The van der Waals surface area contributed by atoms with E-state index in [1.54, 1.807) is 6.20 Å². The number of aromatic nitrogens is 2. The second-order valence-electron chi connectivity index (χ2n) is 3.72. The molecular formula is C9H14N2O. The third kappa shape index (κ3) is 1.14. The fourth-order valence-corrected chi connectivity index (χ4v) is 1.64. The zero-order valence-corrected chi connectivity index (χ0v) is 7.44. The standard InChI is InChI=1S/C9H14N2O/c1-6-5-7(6)8(12)9-10-3-4-11(9)2/h3-4,6-8,12H,5H2,1-2H3. The maximum Gasteiger partial charge on any atom is 0.137 e. The van der Waals surface area contributed by atoms with Crippen LogP contribution in [0.15, 0.2) is 12.4 Å². The Balaban J connectivity index is 2.14. The van der Waals surface area contributed by atoms with Crippen molar-refractivity contribution in [3.63, 3.8) is 0 Å². The Bertz CT molecular complexity index is 282. The van der Waals surface area contributed by atoms with Gasteiger partial charge in [0.2, 0.25) is 0 Å². The minimum Gasteiger partial charge on any atom is -0.385 e. The summed E-state index contributed by atoms with van der Waals surface area (Å²) in [5, 5.41) is 9.82. The maximum absolute atomic E-state index is 9.82. The molecule has 1 aliphatic rings. The van der Waals surface area contributed by atoms with Crippen molar-refractivity contribution >= 4 is 0 Å². The highest BCUT2D eigenvalue weighted by molar-refractivity contribution is 5.02. The van der Waals surface area contributed by atoms with Crippen molar-refractivity contribution in [3.8, 4) is 0 Å². The van der Waals surface area contributed by atoms with E-state index < -0.39 is 0 Å². The van der Waals surface area contributed by atoms with Gasteiger partial charge >= 0.3 is 0 Å². The molecule has 3 nitrogen and oxygen atoms in total. The number of aryl methyl sites for hydroxylation is 1. The van der Waals surface area contributed by atoms with Crippen LogP contribution in [0.2, 0.25) is 0 Å². The highest BCUT2D eigenvalue weighted by atomic mass is 16.3. The quantitative estimate of drug-likeness (QED) is 0.714. The summed E-state index contributed by atoms with van der Waals surface area (Å²) in [5.74, 6) is 1.90. The van der Waals surface area contributed by atoms with Crippen LogP contribution in [-0.4, -0.2) is 14.7 Å². The fourth-order valence-electron chi connectivity index (χ4n) is 1.64. The van der Waals surface area contributed by atoms with E-state index in [4.69, 9.17) is 0 Å². The molecular weight excluding hydrogens is 152 g/mol. The molecule has 3 unspecified atom stereocenters. The van der Waals surface area contributed by atoms with Crippen molar-refractivity contribution in [1.82, 2.24) is 9.55 Å². The average molecular weight is 166 g/mol. The molecule has 3 atom stereocenters. The molecule has 0 aliphatic heterocycles. The van der Waals surface area contributed by atoms with Gasteiger partial charge in [-0.25, -0.2) is 4.98 Å². The first-order chi connectivity index (χ1) is 5.70. The van der Waals surface area contributed by atoms with Crippen LogP contribution in [0.25, 0.3) is 0 Å². The van der Waals surface area contributed by atoms with E-state index in [2.05, 4.69) is 11.9 Å². The Kier molecular flexibility index (Phi) is 1.68. The molecule has 1 aromatic heterocycles. The van der Waals surface area contributed by atoms with Crippen LogP contribution in [-0.2, 0) is 7.05 Å². The summed E-state index contributed by atoms with van der Waals surface area (Å²) in [7, 11) is 1.92. The van der Waals surface area contributed by atoms with Crippen LogP contribution in [0.1, 0.15) is 25.3 Å². The SMILES string of the molecule is CC1CC1C(O)c1nccn1C. The summed E-state index contributed by atoms with van der Waals surface area (Å²) in [5.41, 5.74) is 0. The summed E-state index contributed by atoms with van der Waals surface area (Å²) in [6, 6.07) is 0. The topological polar surface area (TPSA) is 38.1 Å². The lowest BCUT2D eigenvalue weighted by Gasteiger charge is -2.08. The molecule has 2 rings (SSSR count). The number of nitrogens with zero attached hydrogens (tertiary/aromatic N) is 2. The van der Waals surface area contributed by atoms with Gasteiger partial charge in [-0.05, 0) is 18.3 Å². The van der Waals surface area contributed by atoms with Gasteiger partial charge in [-0.15, -0.1) is 0 Å². The Morgan fingerprint density at radius 3 is 2.83 bits per heavy atom. The molecule has 0 spiro atoms. The predicted octanol–water partition coefficient (Wildman–Crippen LogP) is 1.11. The highest BCUT2D eigenvalue weighted by Gasteiger charge is 2.40. The normalized spacial score (nSPS) is 30.2. The van der Waals surface area contributed by atoms with Crippen molar-refractivity contribution in [2.24, 2.45) is 18.9 Å². The van der Waals surface area contributed by atoms with Crippen LogP contribution in [0.4, 0.5) is 0 Å². The van der Waals surface area contributed by atoms with Crippen LogP contribution in [0.3, 0.4) is 0 Å². The number of aliphatic hydroxyl groups is 1. The van der Waals surface area contributed by atoms with Crippen LogP contribution in [0.5, 0.6) is 0 Å². The molecule has 0 amide bonds. The van der Waals surface area contributed by atoms with Gasteiger partial charge in [0, 0.05) is 19.4 Å². The van der Waals surface area contributed by atoms with Crippen molar-refractivity contribution in [2.45, 2.75) is 19.4 Å². The van der Waals surface area contributed by atoms with Crippen LogP contribution in [0, 0.1) is 11.8 Å². The lowest BCUT2D eigenvalue weighted by atomic mass is 10.2. The number of aliphatic hydroxyl groups excluding tert-OH is 1. The van der Waals surface area contributed by atoms with Crippen molar-refractivity contribution < 1.29 is 5.11 Å². The third-order valence-electron chi connectivity index (χ3n) is 2.70. The predicted molar refractivity (Wildman–Crippen MR) is 45.4 cm³/mol. The molecule has 0 radical (unpaired) electrons. The molecule has 1 N–H and O–H groups in total. The number of rotatable bonds is 2. The number of hydrogen-bond donors (Lipinski definition) is 1. The van der Waals surface area contributed by atoms with Crippen LogP contribution < -0.4 is 0 Å². The monoisotopic (exact) mass is 166 g/mol. The minimum atomic E-state index is -0.361. The van der Waals surface area contributed by atoms with Gasteiger partial charge < -0.3 is 9.67 Å². The Hall–Kier alpha value is -0.830. The van der Waals surface area contributed by atoms with Gasteiger partial charge in [0.25, 0.3) is 0 Å². The highest BCUT2D eigenvalue weighted by Crippen LogP contribution is 2.46. The molecule has 0 bridgehead atoms. The second-order valence-corrected chi connectivity index (χ2v) is 3.72. The van der Waals surface area contributed by atoms with E-state index in [1.807, 2.05) is 17.8 Å². The van der Waals surface area contributed by atoms with E-state index in [0.29, 0.717) is 11.8 Å². The van der Waals surface area contributed by atoms with E-state index >= 15 is 0 Å². The lowest BCUT2D eigenvalue weighted by molar-refractivity contribution is 0.135. The lowest BCUT2D eigenvalue weighted by Crippen LogP contribution is -2.07. The molecule has 1 saturated carbocycles. The smallest absolute Gasteiger partial charge is 0.137 e. The van der Waals surface area contributed by atoms with Gasteiger partial charge in [0.15, 0.2) is 0 Å². The van der Waals surface area contributed by atoms with Gasteiger partial charge in [-0.3, -0.25) is 0 Å². The molecule has 0 aromatic carbocycles. The second kappa shape index (κ2) is 2.59. The van der Waals surface area contributed by atoms with Gasteiger partial charge in [-0.1, -0.05) is 6.92 Å². The van der Waals surface area contributed by atoms with E-state index in [-0.39, 0.29) is 6.10 Å². The van der Waals surface area contributed by atoms with Crippen molar-refractivity contribution in [1.29, 1.82) is 0 Å². The summed E-state index contributed by atoms with van der Waals surface area (Å²) in [4.78, 5) is 4.12. The Morgan fingerprint density at radius 1 is 1.75 bits per heavy atom. The van der Waals surface area contributed by atoms with E-state index in [9.17, 15) is 5.11 Å². The van der Waals surface area contributed by atoms with E-state index in [0.717, 1.165) is 12.2 Å². The first-order valence-corrected chi connectivity index (χ1v) is 4.35. The molecule has 1 fully saturated rings. The molecule has 3 heteroatoms. The van der Waals surface area contributed by atoms with E-state index in [1.165, 1.54) is 0 Å². The minimum absolute atomic E-state index is 0.361. The zero-order chi connectivity index (χ0) is 8.72.